The van der Waals surface area contributed by atoms with Crippen molar-refractivity contribution in [2.45, 2.75) is 90.5 Å². The van der Waals surface area contributed by atoms with Crippen LogP contribution in [0.3, 0.4) is 0 Å². The van der Waals surface area contributed by atoms with E-state index >= 15 is 0 Å². The molecule has 0 saturated carbocycles. The number of ketones is 1. The minimum absolute atomic E-state index is 0.00935. The normalized spacial score (nSPS) is 13.1. The van der Waals surface area contributed by atoms with Crippen molar-refractivity contribution >= 4 is 46.3 Å². The molecule has 5 aromatic carbocycles. The van der Waals surface area contributed by atoms with E-state index in [0.717, 1.165) is 30.7 Å². The number of carbonyl (C=O) groups is 4. The van der Waals surface area contributed by atoms with Gasteiger partial charge in [0, 0.05) is 50.3 Å². The first kappa shape index (κ1) is 48.4. The lowest BCUT2D eigenvalue weighted by atomic mass is 9.73. The van der Waals surface area contributed by atoms with Gasteiger partial charge < -0.3 is 26.4 Å². The van der Waals surface area contributed by atoms with Crippen molar-refractivity contribution in [3.05, 3.63) is 149 Å². The Morgan fingerprint density at radius 2 is 0.969 bits per heavy atom. The van der Waals surface area contributed by atoms with Crippen molar-refractivity contribution in [1.29, 1.82) is 0 Å². The number of rotatable bonds is 16. The summed E-state index contributed by atoms with van der Waals surface area (Å²) >= 11 is 0. The molecule has 5 aromatic rings. The number of amides is 3. The van der Waals surface area contributed by atoms with Gasteiger partial charge in [-0.3, -0.25) is 19.2 Å². The van der Waals surface area contributed by atoms with Crippen LogP contribution >= 0.6 is 0 Å². The van der Waals surface area contributed by atoms with E-state index in [0.29, 0.717) is 42.6 Å². The Morgan fingerprint density at radius 3 is 1.44 bits per heavy atom. The number of Topliss-reactive ketones (excluding diaryl/α,β-unsaturated/α-hetero) is 1. The van der Waals surface area contributed by atoms with Gasteiger partial charge >= 0.3 is 12.4 Å². The van der Waals surface area contributed by atoms with Gasteiger partial charge in [-0.15, -0.1) is 0 Å². The number of phenols is 1. The van der Waals surface area contributed by atoms with Crippen LogP contribution in [0.25, 0.3) is 0 Å². The first-order valence-corrected chi connectivity index (χ1v) is 20.6. The van der Waals surface area contributed by atoms with Crippen molar-refractivity contribution in [3.8, 4) is 5.75 Å². The molecule has 1 atom stereocenters. The Kier molecular flexibility index (Phi) is 14.4. The molecule has 0 spiro atoms. The van der Waals surface area contributed by atoms with Crippen LogP contribution in [-0.4, -0.2) is 46.5 Å². The third-order valence-electron chi connectivity index (χ3n) is 11.5. The Bertz CT molecular complexity index is 2490. The number of aromatic hydroxyl groups is 1. The molecular formula is C49H50F6N4O5. The Labute approximate surface area is 367 Å². The first-order valence-electron chi connectivity index (χ1n) is 20.6. The highest BCUT2D eigenvalue weighted by atomic mass is 19.4. The molecular weight excluding hydrogens is 839 g/mol. The summed E-state index contributed by atoms with van der Waals surface area (Å²) in [6, 6.07) is 22.7. The number of hydrogen-bond acceptors (Lipinski definition) is 6. The maximum Gasteiger partial charge on any atom is 0.411 e. The van der Waals surface area contributed by atoms with Crippen LogP contribution in [0.15, 0.2) is 115 Å². The van der Waals surface area contributed by atoms with Gasteiger partial charge in [-0.2, -0.15) is 26.3 Å². The van der Waals surface area contributed by atoms with E-state index in [9.17, 15) is 50.6 Å². The van der Waals surface area contributed by atoms with Crippen LogP contribution in [-0.2, 0) is 5.41 Å². The fourth-order valence-electron chi connectivity index (χ4n) is 7.34. The van der Waals surface area contributed by atoms with E-state index in [1.165, 1.54) is 66.7 Å². The number of halogens is 6. The molecule has 3 amide bonds. The zero-order valence-electron chi connectivity index (χ0n) is 36.1. The minimum atomic E-state index is -5.81. The largest absolute Gasteiger partial charge is 0.506 e. The average molecular weight is 889 g/mol. The lowest BCUT2D eigenvalue weighted by Crippen LogP contribution is -2.54. The molecule has 0 radical (unpaired) electrons. The first-order chi connectivity index (χ1) is 30.0. The highest BCUT2D eigenvalue weighted by molar-refractivity contribution is 6.10. The fourth-order valence-corrected chi connectivity index (χ4v) is 7.34. The molecule has 0 aliphatic rings. The second-order valence-electron chi connectivity index (χ2n) is 16.5. The minimum Gasteiger partial charge on any atom is -0.506 e. The van der Waals surface area contributed by atoms with Gasteiger partial charge in [0.15, 0.2) is 5.78 Å². The van der Waals surface area contributed by atoms with E-state index < -0.39 is 57.6 Å². The molecule has 1 unspecified atom stereocenters. The molecule has 5 rings (SSSR count). The molecule has 64 heavy (non-hydrogen) atoms. The summed E-state index contributed by atoms with van der Waals surface area (Å²) in [5.74, 6) is -2.54. The summed E-state index contributed by atoms with van der Waals surface area (Å²) in [4.78, 5) is 53.2. The standard InChI is InChI=1S/C49H50F6N4O5/c1-7-26-46(6,9-3)41(61)30-12-10-13-31(27-30)44(64)58-39-29-38(24-25-40(39)60)57-43(63)33-15-11-14-32(28-33)42(62)56-36-20-16-34(17-21-36)47(48(50,51)52,49(53,54)55)35-18-22-37(23-19-35)59-45(4,5)8-2/h10-25,27-29,59-60H,7-9,26H2,1-6H3,(H,56,62)(H,57,63)(H,58,64). The molecule has 15 heteroatoms. The molecule has 9 nitrogen and oxygen atoms in total. The highest BCUT2D eigenvalue weighted by Crippen LogP contribution is 2.56. The highest BCUT2D eigenvalue weighted by Gasteiger charge is 2.72. The third kappa shape index (κ3) is 10.4. The van der Waals surface area contributed by atoms with Gasteiger partial charge in [0.25, 0.3) is 17.7 Å². The molecule has 0 aliphatic heterocycles. The number of phenolic OH excluding ortho intramolecular Hbond substituents is 1. The Hall–Kier alpha value is -6.64. The second-order valence-corrected chi connectivity index (χ2v) is 16.5. The van der Waals surface area contributed by atoms with Crippen LogP contribution in [0.5, 0.6) is 5.75 Å². The van der Waals surface area contributed by atoms with Crippen LogP contribution in [0.1, 0.15) is 120 Å². The Balaban J connectivity index is 1.30. The molecule has 0 heterocycles. The number of hydrogen-bond donors (Lipinski definition) is 5. The number of alkyl halides is 6. The van der Waals surface area contributed by atoms with Crippen molar-refractivity contribution < 1.29 is 50.6 Å². The third-order valence-corrected chi connectivity index (χ3v) is 11.5. The smallest absolute Gasteiger partial charge is 0.411 e. The maximum atomic E-state index is 14.8. The van der Waals surface area contributed by atoms with Crippen molar-refractivity contribution in [1.82, 2.24) is 0 Å². The second kappa shape index (κ2) is 19.0. The zero-order valence-corrected chi connectivity index (χ0v) is 36.1. The molecule has 0 saturated heterocycles. The van der Waals surface area contributed by atoms with Crippen LogP contribution in [0.2, 0.25) is 0 Å². The van der Waals surface area contributed by atoms with E-state index in [4.69, 9.17) is 0 Å². The van der Waals surface area contributed by atoms with Gasteiger partial charge in [0.2, 0.25) is 5.41 Å². The zero-order chi connectivity index (χ0) is 47.3. The average Bonchev–Trinajstić information content (AvgIpc) is 3.25. The van der Waals surface area contributed by atoms with E-state index in [-0.39, 0.29) is 45.3 Å². The maximum absolute atomic E-state index is 14.8. The number of nitrogens with one attached hydrogen (secondary N) is 4. The molecule has 0 aromatic heterocycles. The summed E-state index contributed by atoms with van der Waals surface area (Å²) in [5.41, 5.74) is -6.80. The van der Waals surface area contributed by atoms with Gasteiger partial charge in [0.05, 0.1) is 5.69 Å². The monoisotopic (exact) mass is 888 g/mol. The van der Waals surface area contributed by atoms with Crippen LogP contribution in [0, 0.1) is 5.41 Å². The van der Waals surface area contributed by atoms with Gasteiger partial charge in [-0.25, -0.2) is 0 Å². The SMILES string of the molecule is CCCC(C)(CC)C(=O)c1cccc(C(=O)Nc2cc(NC(=O)c3cccc(C(=O)Nc4ccc(C(c5ccc(NC(C)(C)CC)cc5)(C(F)(F)F)C(F)(F)F)cc4)c3)ccc2O)c1. The molecule has 0 fully saturated rings. The van der Waals surface area contributed by atoms with Gasteiger partial charge in [-0.1, -0.05) is 76.6 Å². The van der Waals surface area contributed by atoms with Gasteiger partial charge in [0.1, 0.15) is 5.75 Å². The molecule has 338 valence electrons. The Morgan fingerprint density at radius 1 is 0.531 bits per heavy atom. The summed E-state index contributed by atoms with van der Waals surface area (Å²) in [5, 5.41) is 21.3. The lowest BCUT2D eigenvalue weighted by Gasteiger charge is -2.38. The van der Waals surface area contributed by atoms with E-state index in [1.807, 2.05) is 41.5 Å². The summed E-state index contributed by atoms with van der Waals surface area (Å²) in [6.07, 6.45) is -8.88. The number of benzene rings is 5. The van der Waals surface area contributed by atoms with Crippen molar-refractivity contribution in [3.63, 3.8) is 0 Å². The summed E-state index contributed by atoms with van der Waals surface area (Å²) in [7, 11) is 0. The summed E-state index contributed by atoms with van der Waals surface area (Å²) in [6.45, 7) is 11.4. The summed E-state index contributed by atoms with van der Waals surface area (Å²) < 4.78 is 88.9. The molecule has 5 N–H and O–H groups in total. The predicted octanol–water partition coefficient (Wildman–Crippen LogP) is 12.6. The molecule has 0 aliphatic carbocycles. The molecule has 0 bridgehead atoms. The number of carbonyl (C=O) groups excluding carboxylic acids is 4. The van der Waals surface area contributed by atoms with Crippen LogP contribution < -0.4 is 21.3 Å². The topological polar surface area (TPSA) is 137 Å². The van der Waals surface area contributed by atoms with Gasteiger partial charge in [-0.05, 0) is 117 Å². The van der Waals surface area contributed by atoms with Crippen LogP contribution in [0.4, 0.5) is 49.1 Å². The fraction of sp³-hybridized carbons (Fsp3) is 0.306. The quantitative estimate of drug-likeness (QED) is 0.0290. The van der Waals surface area contributed by atoms with E-state index in [1.54, 1.807) is 12.1 Å². The lowest BCUT2D eigenvalue weighted by molar-refractivity contribution is -0.288. The van der Waals surface area contributed by atoms with Crippen molar-refractivity contribution in [2.75, 3.05) is 21.3 Å². The predicted molar refractivity (Wildman–Crippen MR) is 236 cm³/mol. The number of anilines is 4. The van der Waals surface area contributed by atoms with Crippen molar-refractivity contribution in [2.24, 2.45) is 5.41 Å². The van der Waals surface area contributed by atoms with E-state index in [2.05, 4.69) is 21.3 Å².